The lowest BCUT2D eigenvalue weighted by Crippen LogP contribution is -2.03. The van der Waals surface area contributed by atoms with E-state index in [2.05, 4.69) is 19.1 Å². The Morgan fingerprint density at radius 1 is 1.33 bits per heavy atom. The Hall–Kier alpha value is -1.31. The van der Waals surface area contributed by atoms with Crippen molar-refractivity contribution in [3.05, 3.63) is 35.9 Å². The Labute approximate surface area is 91.3 Å². The molecule has 1 aliphatic rings. The Balaban J connectivity index is 0.000000151. The van der Waals surface area contributed by atoms with Crippen molar-refractivity contribution >= 4 is 5.97 Å². The molecule has 0 aliphatic carbocycles. The molecule has 1 unspecified atom stereocenters. The molecule has 0 saturated carbocycles. The quantitative estimate of drug-likeness (QED) is 0.660. The lowest BCUT2D eigenvalue weighted by molar-refractivity contribution is -0.141. The fourth-order valence-electron chi connectivity index (χ4n) is 1.40. The van der Waals surface area contributed by atoms with E-state index in [1.165, 1.54) is 5.56 Å². The number of aryl methyl sites for hydroxylation is 1. The molecular weight excluding hydrogens is 188 g/mol. The summed E-state index contributed by atoms with van der Waals surface area (Å²) < 4.78 is 4.87. The van der Waals surface area contributed by atoms with Crippen molar-refractivity contribution in [2.24, 2.45) is 0 Å². The number of cyclic esters (lactones) is 1. The number of hydrogen-bond donors (Lipinski definition) is 0. The Morgan fingerprint density at radius 2 is 2.00 bits per heavy atom. The van der Waals surface area contributed by atoms with Crippen LogP contribution in [0.5, 0.6) is 0 Å². The second-order valence-electron chi connectivity index (χ2n) is 3.71. The molecule has 1 aromatic rings. The van der Waals surface area contributed by atoms with Gasteiger partial charge in [0.2, 0.25) is 0 Å². The molecule has 2 heteroatoms. The summed E-state index contributed by atoms with van der Waals surface area (Å²) in [4.78, 5) is 10.4. The molecule has 82 valence electrons. The predicted molar refractivity (Wildman–Crippen MR) is 60.6 cm³/mol. The molecule has 1 heterocycles. The largest absolute Gasteiger partial charge is 0.462 e. The van der Waals surface area contributed by atoms with Crippen molar-refractivity contribution < 1.29 is 9.53 Å². The van der Waals surface area contributed by atoms with Crippen LogP contribution in [0.15, 0.2) is 30.3 Å². The lowest BCUT2D eigenvalue weighted by atomic mass is 10.2. The fourth-order valence-corrected chi connectivity index (χ4v) is 1.40. The van der Waals surface area contributed by atoms with Crippen molar-refractivity contribution in [1.29, 1.82) is 0 Å². The average molecular weight is 206 g/mol. The van der Waals surface area contributed by atoms with Crippen LogP contribution in [0, 0.1) is 6.92 Å². The molecule has 1 aliphatic heterocycles. The van der Waals surface area contributed by atoms with Gasteiger partial charge in [-0.05, 0) is 19.8 Å². The van der Waals surface area contributed by atoms with Gasteiger partial charge in [0, 0.05) is 6.42 Å². The maximum atomic E-state index is 10.4. The van der Waals surface area contributed by atoms with Gasteiger partial charge in [-0.25, -0.2) is 0 Å². The molecule has 0 amide bonds. The smallest absolute Gasteiger partial charge is 0.306 e. The first-order chi connectivity index (χ1) is 7.22. The van der Waals surface area contributed by atoms with Crippen LogP contribution in [-0.2, 0) is 9.53 Å². The van der Waals surface area contributed by atoms with E-state index in [4.69, 9.17) is 4.74 Å². The van der Waals surface area contributed by atoms with Crippen LogP contribution in [0.2, 0.25) is 0 Å². The van der Waals surface area contributed by atoms with Crippen molar-refractivity contribution in [3.63, 3.8) is 0 Å². The van der Waals surface area contributed by atoms with Crippen LogP contribution >= 0.6 is 0 Å². The number of rotatable bonds is 1. The minimum absolute atomic E-state index is 0.0307. The lowest BCUT2D eigenvalue weighted by Gasteiger charge is -2.01. The van der Waals surface area contributed by atoms with E-state index in [0.29, 0.717) is 6.42 Å². The van der Waals surface area contributed by atoms with E-state index in [9.17, 15) is 4.79 Å². The van der Waals surface area contributed by atoms with Gasteiger partial charge in [0.05, 0.1) is 0 Å². The van der Waals surface area contributed by atoms with Crippen LogP contribution in [0.4, 0.5) is 0 Å². The summed E-state index contributed by atoms with van der Waals surface area (Å²) in [6.07, 6.45) is 2.74. The number of ether oxygens (including phenoxy) is 1. The van der Waals surface area contributed by atoms with E-state index in [1.807, 2.05) is 25.1 Å². The zero-order valence-corrected chi connectivity index (χ0v) is 9.40. The molecule has 0 spiro atoms. The third-order valence-corrected chi connectivity index (χ3v) is 2.36. The number of carbonyl (C=O) groups excluding carboxylic acids is 1. The SMILES string of the molecule is CCC1CCC(=O)O1.Cc1ccccc1. The minimum atomic E-state index is -0.0307. The monoisotopic (exact) mass is 206 g/mol. The molecule has 0 aromatic heterocycles. The number of benzene rings is 1. The van der Waals surface area contributed by atoms with Gasteiger partial charge in [-0.15, -0.1) is 0 Å². The van der Waals surface area contributed by atoms with Gasteiger partial charge < -0.3 is 4.74 Å². The highest BCUT2D eigenvalue weighted by atomic mass is 16.5. The van der Waals surface area contributed by atoms with Gasteiger partial charge in [0.25, 0.3) is 0 Å². The van der Waals surface area contributed by atoms with Crippen LogP contribution < -0.4 is 0 Å². The highest BCUT2D eigenvalue weighted by Crippen LogP contribution is 2.15. The van der Waals surface area contributed by atoms with E-state index in [0.717, 1.165) is 12.8 Å². The normalized spacial score (nSPS) is 19.1. The van der Waals surface area contributed by atoms with Crippen molar-refractivity contribution in [2.45, 2.75) is 39.2 Å². The molecule has 1 saturated heterocycles. The fraction of sp³-hybridized carbons (Fsp3) is 0.462. The Morgan fingerprint density at radius 3 is 2.27 bits per heavy atom. The van der Waals surface area contributed by atoms with Crippen LogP contribution in [0.3, 0.4) is 0 Å². The van der Waals surface area contributed by atoms with Crippen molar-refractivity contribution in [1.82, 2.24) is 0 Å². The molecule has 1 aromatic carbocycles. The topological polar surface area (TPSA) is 26.3 Å². The summed E-state index contributed by atoms with van der Waals surface area (Å²) in [5.41, 5.74) is 1.32. The first-order valence-electron chi connectivity index (χ1n) is 5.43. The van der Waals surface area contributed by atoms with Gasteiger partial charge in [-0.2, -0.15) is 0 Å². The van der Waals surface area contributed by atoms with Gasteiger partial charge in [0.1, 0.15) is 6.10 Å². The third kappa shape index (κ3) is 4.63. The maximum absolute atomic E-state index is 10.4. The van der Waals surface area contributed by atoms with E-state index < -0.39 is 0 Å². The van der Waals surface area contributed by atoms with Crippen LogP contribution in [0.25, 0.3) is 0 Å². The van der Waals surface area contributed by atoms with E-state index in [1.54, 1.807) is 0 Å². The number of carbonyl (C=O) groups is 1. The summed E-state index contributed by atoms with van der Waals surface area (Å²) in [6.45, 7) is 4.11. The third-order valence-electron chi connectivity index (χ3n) is 2.36. The highest BCUT2D eigenvalue weighted by molar-refractivity contribution is 5.71. The van der Waals surface area contributed by atoms with Gasteiger partial charge >= 0.3 is 5.97 Å². The molecule has 0 N–H and O–H groups in total. The van der Waals surface area contributed by atoms with Gasteiger partial charge in [-0.1, -0.05) is 42.8 Å². The zero-order chi connectivity index (χ0) is 11.1. The molecule has 15 heavy (non-hydrogen) atoms. The molecule has 1 fully saturated rings. The Bertz CT molecular complexity index is 293. The van der Waals surface area contributed by atoms with Crippen molar-refractivity contribution in [2.75, 3.05) is 0 Å². The maximum Gasteiger partial charge on any atom is 0.306 e. The second kappa shape index (κ2) is 6.23. The summed E-state index contributed by atoms with van der Waals surface area (Å²) in [6, 6.07) is 10.3. The Kier molecular flexibility index (Phi) is 4.88. The summed E-state index contributed by atoms with van der Waals surface area (Å²) in [5, 5.41) is 0. The summed E-state index contributed by atoms with van der Waals surface area (Å²) in [5.74, 6) is -0.0307. The van der Waals surface area contributed by atoms with Crippen LogP contribution in [0.1, 0.15) is 31.7 Å². The van der Waals surface area contributed by atoms with E-state index >= 15 is 0 Å². The standard InChI is InChI=1S/C7H8.C6H10O2/c1-7-5-3-2-4-6-7;1-2-5-3-4-6(7)8-5/h2-6H,1H3;5H,2-4H2,1H3. The zero-order valence-electron chi connectivity index (χ0n) is 9.40. The highest BCUT2D eigenvalue weighted by Gasteiger charge is 2.20. The predicted octanol–water partition coefficient (Wildman–Crippen LogP) is 3.10. The average Bonchev–Trinajstić information content (AvgIpc) is 2.66. The summed E-state index contributed by atoms with van der Waals surface area (Å²) >= 11 is 0. The van der Waals surface area contributed by atoms with Crippen LogP contribution in [-0.4, -0.2) is 12.1 Å². The number of esters is 1. The molecule has 0 radical (unpaired) electrons. The molecular formula is C13H18O2. The minimum Gasteiger partial charge on any atom is -0.462 e. The molecule has 2 rings (SSSR count). The first kappa shape index (κ1) is 11.8. The van der Waals surface area contributed by atoms with Gasteiger partial charge in [0.15, 0.2) is 0 Å². The number of hydrogen-bond acceptors (Lipinski definition) is 2. The molecule has 0 bridgehead atoms. The second-order valence-corrected chi connectivity index (χ2v) is 3.71. The van der Waals surface area contributed by atoms with E-state index in [-0.39, 0.29) is 12.1 Å². The van der Waals surface area contributed by atoms with Crippen molar-refractivity contribution in [3.8, 4) is 0 Å². The molecule has 1 atom stereocenters. The summed E-state index contributed by atoms with van der Waals surface area (Å²) in [7, 11) is 0. The van der Waals surface area contributed by atoms with Gasteiger partial charge in [-0.3, -0.25) is 4.79 Å². The first-order valence-corrected chi connectivity index (χ1v) is 5.43. The molecule has 2 nitrogen and oxygen atoms in total.